The number of likely N-dealkylation sites (tertiary alicyclic amines) is 1. The number of aromatic nitrogens is 2. The summed E-state index contributed by atoms with van der Waals surface area (Å²) < 4.78 is 2.28. The van der Waals surface area contributed by atoms with Crippen LogP contribution in [0.1, 0.15) is 31.5 Å². The molecule has 100 valence electrons. The van der Waals surface area contributed by atoms with E-state index in [9.17, 15) is 4.79 Å². The number of benzene rings is 1. The van der Waals surface area contributed by atoms with E-state index in [0.29, 0.717) is 6.42 Å². The van der Waals surface area contributed by atoms with Gasteiger partial charge in [0.1, 0.15) is 5.82 Å². The van der Waals surface area contributed by atoms with Gasteiger partial charge in [0, 0.05) is 32.5 Å². The van der Waals surface area contributed by atoms with Crippen LogP contribution in [-0.4, -0.2) is 34.0 Å². The van der Waals surface area contributed by atoms with Crippen LogP contribution in [0.25, 0.3) is 11.0 Å². The molecule has 0 N–H and O–H groups in total. The van der Waals surface area contributed by atoms with E-state index in [1.54, 1.807) is 4.90 Å². The van der Waals surface area contributed by atoms with E-state index < -0.39 is 0 Å². The molecular weight excluding hydrogens is 238 g/mol. The highest BCUT2D eigenvalue weighted by atomic mass is 16.2. The number of carbonyl (C=O) groups is 1. The molecule has 1 saturated heterocycles. The molecule has 1 amide bonds. The van der Waals surface area contributed by atoms with Crippen molar-refractivity contribution in [2.75, 3.05) is 13.6 Å². The second-order valence-electron chi connectivity index (χ2n) is 5.29. The lowest BCUT2D eigenvalue weighted by atomic mass is 10.1. The number of amides is 1. The van der Waals surface area contributed by atoms with Crippen LogP contribution in [0, 0.1) is 0 Å². The summed E-state index contributed by atoms with van der Waals surface area (Å²) in [7, 11) is 1.87. The van der Waals surface area contributed by atoms with Gasteiger partial charge in [-0.3, -0.25) is 4.79 Å². The van der Waals surface area contributed by atoms with E-state index in [1.807, 2.05) is 25.2 Å². The molecule has 0 spiro atoms. The molecule has 4 nitrogen and oxygen atoms in total. The van der Waals surface area contributed by atoms with E-state index in [-0.39, 0.29) is 11.8 Å². The monoisotopic (exact) mass is 257 g/mol. The third kappa shape index (κ3) is 2.01. The number of para-hydroxylation sites is 2. The van der Waals surface area contributed by atoms with Gasteiger partial charge in [-0.25, -0.2) is 4.98 Å². The Bertz CT molecular complexity index is 617. The zero-order valence-electron chi connectivity index (χ0n) is 11.5. The topological polar surface area (TPSA) is 38.1 Å². The van der Waals surface area contributed by atoms with Gasteiger partial charge in [0.2, 0.25) is 5.91 Å². The van der Waals surface area contributed by atoms with Crippen molar-refractivity contribution in [3.05, 3.63) is 30.1 Å². The second kappa shape index (κ2) is 4.68. The zero-order chi connectivity index (χ0) is 13.4. The molecule has 3 rings (SSSR count). The Morgan fingerprint density at radius 3 is 2.84 bits per heavy atom. The van der Waals surface area contributed by atoms with Crippen molar-refractivity contribution in [2.24, 2.45) is 0 Å². The van der Waals surface area contributed by atoms with Gasteiger partial charge in [-0.15, -0.1) is 0 Å². The first-order chi connectivity index (χ1) is 9.20. The predicted molar refractivity (Wildman–Crippen MR) is 75.0 cm³/mol. The summed E-state index contributed by atoms with van der Waals surface area (Å²) in [5, 5.41) is 0. The van der Waals surface area contributed by atoms with Crippen LogP contribution in [0.3, 0.4) is 0 Å². The number of hydrogen-bond donors (Lipinski definition) is 0. The molecule has 0 bridgehead atoms. The van der Waals surface area contributed by atoms with Crippen molar-refractivity contribution in [1.82, 2.24) is 14.5 Å². The van der Waals surface area contributed by atoms with Crippen molar-refractivity contribution in [3.8, 4) is 0 Å². The molecule has 2 heterocycles. The first kappa shape index (κ1) is 12.2. The van der Waals surface area contributed by atoms with Gasteiger partial charge in [0.15, 0.2) is 0 Å². The molecule has 0 saturated carbocycles. The predicted octanol–water partition coefficient (Wildman–Crippen LogP) is 2.39. The molecule has 1 aromatic heterocycles. The third-order valence-electron chi connectivity index (χ3n) is 3.84. The molecule has 1 aliphatic rings. The molecular formula is C15H19N3O. The van der Waals surface area contributed by atoms with E-state index in [0.717, 1.165) is 30.9 Å². The molecule has 4 heteroatoms. The van der Waals surface area contributed by atoms with Crippen molar-refractivity contribution in [1.29, 1.82) is 0 Å². The molecule has 0 unspecified atom stereocenters. The lowest BCUT2D eigenvalue weighted by Crippen LogP contribution is -2.19. The fourth-order valence-corrected chi connectivity index (χ4v) is 2.90. The maximum absolute atomic E-state index is 11.7. The molecule has 1 aliphatic heterocycles. The summed E-state index contributed by atoms with van der Waals surface area (Å²) in [6.45, 7) is 3.92. The van der Waals surface area contributed by atoms with Crippen LogP contribution < -0.4 is 0 Å². The van der Waals surface area contributed by atoms with Crippen molar-refractivity contribution >= 4 is 16.9 Å². The number of carbonyl (C=O) groups excluding carboxylic acids is 1. The quantitative estimate of drug-likeness (QED) is 0.846. The molecule has 2 aromatic rings. The molecule has 1 atom stereocenters. The standard InChI is InChI=1S/C15H19N3O/c1-3-8-18-13-7-5-4-6-12(13)16-15(18)11-9-14(19)17(2)10-11/h4-7,11H,3,8-10H2,1-2H3/t11-/m1/s1. The van der Waals surface area contributed by atoms with E-state index in [2.05, 4.69) is 17.6 Å². The van der Waals surface area contributed by atoms with Gasteiger partial charge >= 0.3 is 0 Å². The normalized spacial score (nSPS) is 19.6. The fourth-order valence-electron chi connectivity index (χ4n) is 2.90. The van der Waals surface area contributed by atoms with Gasteiger partial charge in [-0.2, -0.15) is 0 Å². The minimum atomic E-state index is 0.222. The highest BCUT2D eigenvalue weighted by Crippen LogP contribution is 2.29. The number of imidazole rings is 1. The Balaban J connectivity index is 2.07. The highest BCUT2D eigenvalue weighted by Gasteiger charge is 2.31. The number of fused-ring (bicyclic) bond motifs is 1. The summed E-state index contributed by atoms with van der Waals surface area (Å²) in [6.07, 6.45) is 1.66. The molecule has 19 heavy (non-hydrogen) atoms. The first-order valence-corrected chi connectivity index (χ1v) is 6.90. The molecule has 0 radical (unpaired) electrons. The Kier molecular flexibility index (Phi) is 3.01. The summed E-state index contributed by atoms with van der Waals surface area (Å²) in [5.74, 6) is 1.53. The van der Waals surface area contributed by atoms with Gasteiger partial charge < -0.3 is 9.47 Å². The summed E-state index contributed by atoms with van der Waals surface area (Å²) in [4.78, 5) is 18.3. The first-order valence-electron chi connectivity index (χ1n) is 6.90. The summed E-state index contributed by atoms with van der Waals surface area (Å²) in [6, 6.07) is 8.22. The Morgan fingerprint density at radius 1 is 1.37 bits per heavy atom. The van der Waals surface area contributed by atoms with E-state index in [1.165, 1.54) is 5.52 Å². The minimum Gasteiger partial charge on any atom is -0.345 e. The molecule has 1 aromatic carbocycles. The summed E-state index contributed by atoms with van der Waals surface area (Å²) in [5.41, 5.74) is 2.22. The number of aryl methyl sites for hydroxylation is 1. The average Bonchev–Trinajstić information content (AvgIpc) is 2.92. The van der Waals surface area contributed by atoms with Gasteiger partial charge in [-0.1, -0.05) is 19.1 Å². The summed E-state index contributed by atoms with van der Waals surface area (Å²) >= 11 is 0. The van der Waals surface area contributed by atoms with Crippen LogP contribution >= 0.6 is 0 Å². The molecule has 0 aliphatic carbocycles. The van der Waals surface area contributed by atoms with Crippen LogP contribution in [0.2, 0.25) is 0 Å². The highest BCUT2D eigenvalue weighted by molar-refractivity contribution is 5.80. The second-order valence-corrected chi connectivity index (χ2v) is 5.29. The number of hydrogen-bond acceptors (Lipinski definition) is 2. The Labute approximate surface area is 113 Å². The van der Waals surface area contributed by atoms with Crippen molar-refractivity contribution < 1.29 is 4.79 Å². The zero-order valence-corrected chi connectivity index (χ0v) is 11.5. The van der Waals surface area contributed by atoms with Crippen LogP contribution in [0.5, 0.6) is 0 Å². The van der Waals surface area contributed by atoms with Gasteiger partial charge in [0.25, 0.3) is 0 Å². The van der Waals surface area contributed by atoms with Crippen LogP contribution in [-0.2, 0) is 11.3 Å². The van der Waals surface area contributed by atoms with Crippen molar-refractivity contribution in [3.63, 3.8) is 0 Å². The minimum absolute atomic E-state index is 0.222. The van der Waals surface area contributed by atoms with Crippen LogP contribution in [0.4, 0.5) is 0 Å². The van der Waals surface area contributed by atoms with Crippen LogP contribution in [0.15, 0.2) is 24.3 Å². The SMILES string of the molecule is CCCn1c([C@@H]2CC(=O)N(C)C2)nc2ccccc21. The Hall–Kier alpha value is -1.84. The smallest absolute Gasteiger partial charge is 0.223 e. The number of nitrogens with zero attached hydrogens (tertiary/aromatic N) is 3. The lowest BCUT2D eigenvalue weighted by Gasteiger charge is -2.13. The molecule has 1 fully saturated rings. The maximum atomic E-state index is 11.7. The number of likely N-dealkylation sites (N-methyl/N-ethyl adjacent to an activating group) is 1. The van der Waals surface area contributed by atoms with Crippen molar-refractivity contribution in [2.45, 2.75) is 32.2 Å². The van der Waals surface area contributed by atoms with E-state index >= 15 is 0 Å². The third-order valence-corrected chi connectivity index (χ3v) is 3.84. The lowest BCUT2D eigenvalue weighted by molar-refractivity contribution is -0.126. The Morgan fingerprint density at radius 2 is 2.16 bits per heavy atom. The largest absolute Gasteiger partial charge is 0.345 e. The maximum Gasteiger partial charge on any atom is 0.223 e. The fraction of sp³-hybridized carbons (Fsp3) is 0.467. The number of rotatable bonds is 3. The van der Waals surface area contributed by atoms with E-state index in [4.69, 9.17) is 4.98 Å². The average molecular weight is 257 g/mol. The van der Waals surface area contributed by atoms with Gasteiger partial charge in [-0.05, 0) is 18.6 Å². The van der Waals surface area contributed by atoms with Gasteiger partial charge in [0.05, 0.1) is 11.0 Å².